The molecule has 1 aliphatic carbocycles. The highest BCUT2D eigenvalue weighted by molar-refractivity contribution is 5.82. The molecule has 0 heterocycles. The Morgan fingerprint density at radius 2 is 1.82 bits per heavy atom. The zero-order valence-electron chi connectivity index (χ0n) is 12.3. The second-order valence-corrected chi connectivity index (χ2v) is 7.32. The van der Waals surface area contributed by atoms with E-state index in [1.54, 1.807) is 0 Å². The summed E-state index contributed by atoms with van der Waals surface area (Å²) in [6.07, 6.45) is 3.32. The van der Waals surface area contributed by atoms with Crippen LogP contribution in [-0.2, 0) is 4.79 Å². The number of carbonyl (C=O) groups excluding carboxylic acids is 1. The van der Waals surface area contributed by atoms with E-state index in [0.29, 0.717) is 17.8 Å². The van der Waals surface area contributed by atoms with Gasteiger partial charge < -0.3 is 5.73 Å². The fourth-order valence-electron chi connectivity index (χ4n) is 3.93. The lowest BCUT2D eigenvalue weighted by Gasteiger charge is -2.53. The highest BCUT2D eigenvalue weighted by Gasteiger charge is 2.55. The summed E-state index contributed by atoms with van der Waals surface area (Å²) in [7, 11) is 0. The molecule has 1 rings (SSSR count). The van der Waals surface area contributed by atoms with Crippen LogP contribution < -0.4 is 5.73 Å². The van der Waals surface area contributed by atoms with Crippen LogP contribution >= 0.6 is 0 Å². The van der Waals surface area contributed by atoms with Gasteiger partial charge in [0.2, 0.25) is 5.91 Å². The number of hydrogen-bond donors (Lipinski definition) is 1. The topological polar surface area (TPSA) is 43.1 Å². The van der Waals surface area contributed by atoms with Crippen LogP contribution in [0.1, 0.15) is 60.8 Å². The molecule has 0 bridgehead atoms. The van der Waals surface area contributed by atoms with Crippen LogP contribution in [0.15, 0.2) is 0 Å². The van der Waals surface area contributed by atoms with Crippen molar-refractivity contribution >= 4 is 5.91 Å². The highest BCUT2D eigenvalue weighted by atomic mass is 16.1. The first-order chi connectivity index (χ1) is 7.63. The third kappa shape index (κ3) is 2.36. The predicted octanol–water partition coefficient (Wildman–Crippen LogP) is 3.60. The Labute approximate surface area is 106 Å². The van der Waals surface area contributed by atoms with Gasteiger partial charge in [0.25, 0.3) is 0 Å². The van der Waals surface area contributed by atoms with Crippen molar-refractivity contribution in [1.82, 2.24) is 0 Å². The molecule has 0 saturated heterocycles. The average molecular weight is 239 g/mol. The van der Waals surface area contributed by atoms with E-state index in [1.165, 1.54) is 6.42 Å². The number of hydrogen-bond acceptors (Lipinski definition) is 1. The summed E-state index contributed by atoms with van der Waals surface area (Å²) in [6.45, 7) is 13.2. The molecule has 3 unspecified atom stereocenters. The molecule has 0 aromatic heterocycles. The van der Waals surface area contributed by atoms with E-state index in [9.17, 15) is 4.79 Å². The fraction of sp³-hybridized carbons (Fsp3) is 0.933. The van der Waals surface area contributed by atoms with Gasteiger partial charge in [-0.2, -0.15) is 0 Å². The van der Waals surface area contributed by atoms with Crippen molar-refractivity contribution in [1.29, 1.82) is 0 Å². The van der Waals surface area contributed by atoms with E-state index in [-0.39, 0.29) is 16.7 Å². The number of amides is 1. The van der Waals surface area contributed by atoms with E-state index < -0.39 is 0 Å². The molecule has 2 N–H and O–H groups in total. The summed E-state index contributed by atoms with van der Waals surface area (Å²) < 4.78 is 0. The molecule has 100 valence electrons. The molecule has 0 aromatic carbocycles. The molecule has 0 spiro atoms. The summed E-state index contributed by atoms with van der Waals surface area (Å²) >= 11 is 0. The molecule has 2 nitrogen and oxygen atoms in total. The van der Waals surface area contributed by atoms with Gasteiger partial charge in [0.05, 0.1) is 5.41 Å². The number of carbonyl (C=O) groups is 1. The Morgan fingerprint density at radius 1 is 1.29 bits per heavy atom. The molecular weight excluding hydrogens is 210 g/mol. The Bertz CT molecular complexity index is 290. The summed E-state index contributed by atoms with van der Waals surface area (Å²) in [5.74, 6) is 1.47. The molecular formula is C15H29NO. The van der Waals surface area contributed by atoms with Gasteiger partial charge in [0, 0.05) is 0 Å². The van der Waals surface area contributed by atoms with E-state index in [2.05, 4.69) is 41.5 Å². The zero-order valence-corrected chi connectivity index (χ0v) is 12.3. The van der Waals surface area contributed by atoms with Gasteiger partial charge in [-0.15, -0.1) is 0 Å². The van der Waals surface area contributed by atoms with Gasteiger partial charge in [-0.25, -0.2) is 0 Å². The third-order valence-corrected chi connectivity index (χ3v) is 4.86. The predicted molar refractivity (Wildman–Crippen MR) is 72.4 cm³/mol. The van der Waals surface area contributed by atoms with Crippen LogP contribution in [0.25, 0.3) is 0 Å². The highest BCUT2D eigenvalue weighted by Crippen LogP contribution is 2.56. The molecule has 2 heteroatoms. The maximum Gasteiger partial charge on any atom is 0.224 e. The van der Waals surface area contributed by atoms with Crippen molar-refractivity contribution in [3.05, 3.63) is 0 Å². The Kier molecular flexibility index (Phi) is 3.95. The minimum atomic E-state index is -0.334. The van der Waals surface area contributed by atoms with Gasteiger partial charge in [0.1, 0.15) is 0 Å². The Hall–Kier alpha value is -0.530. The van der Waals surface area contributed by atoms with E-state index >= 15 is 0 Å². The number of primary amides is 1. The SMILES string of the molecule is CC1CCC(C(C)C)C(C(N)=O)(C(C)(C)C)C1. The summed E-state index contributed by atoms with van der Waals surface area (Å²) in [4.78, 5) is 12.2. The molecule has 1 amide bonds. The average Bonchev–Trinajstić information content (AvgIpc) is 2.14. The Morgan fingerprint density at radius 3 is 2.18 bits per heavy atom. The molecule has 0 aromatic rings. The lowest BCUT2D eigenvalue weighted by molar-refractivity contribution is -0.148. The third-order valence-electron chi connectivity index (χ3n) is 4.86. The van der Waals surface area contributed by atoms with E-state index in [1.807, 2.05) is 0 Å². The van der Waals surface area contributed by atoms with Gasteiger partial charge in [0.15, 0.2) is 0 Å². The standard InChI is InChI=1S/C15H29NO/c1-10(2)12-8-7-11(3)9-15(12,13(16)17)14(4,5)6/h10-12H,7-9H2,1-6H3,(H2,16,17). The van der Waals surface area contributed by atoms with Crippen molar-refractivity contribution in [3.8, 4) is 0 Å². The number of nitrogens with two attached hydrogens (primary N) is 1. The first kappa shape index (κ1) is 14.5. The second kappa shape index (κ2) is 4.62. The lowest BCUT2D eigenvalue weighted by Crippen LogP contribution is -2.56. The lowest BCUT2D eigenvalue weighted by atomic mass is 9.50. The zero-order chi connectivity index (χ0) is 13.4. The molecule has 17 heavy (non-hydrogen) atoms. The smallest absolute Gasteiger partial charge is 0.224 e. The first-order valence-electron chi connectivity index (χ1n) is 6.93. The first-order valence-corrected chi connectivity index (χ1v) is 6.93. The maximum absolute atomic E-state index is 12.2. The molecule has 1 saturated carbocycles. The largest absolute Gasteiger partial charge is 0.369 e. The molecule has 3 atom stereocenters. The summed E-state index contributed by atoms with van der Waals surface area (Å²) in [5, 5.41) is 0. The second-order valence-electron chi connectivity index (χ2n) is 7.32. The van der Waals surface area contributed by atoms with E-state index in [4.69, 9.17) is 5.73 Å². The van der Waals surface area contributed by atoms with Crippen LogP contribution in [0.5, 0.6) is 0 Å². The quantitative estimate of drug-likeness (QED) is 0.786. The molecule has 0 aliphatic heterocycles. The van der Waals surface area contributed by atoms with E-state index in [0.717, 1.165) is 12.8 Å². The molecule has 0 radical (unpaired) electrons. The van der Waals surface area contributed by atoms with Crippen molar-refractivity contribution in [2.45, 2.75) is 60.8 Å². The van der Waals surface area contributed by atoms with Crippen molar-refractivity contribution < 1.29 is 4.79 Å². The van der Waals surface area contributed by atoms with Crippen molar-refractivity contribution in [2.75, 3.05) is 0 Å². The van der Waals surface area contributed by atoms with Gasteiger partial charge >= 0.3 is 0 Å². The number of rotatable bonds is 2. The maximum atomic E-state index is 12.2. The van der Waals surface area contributed by atoms with Crippen LogP contribution in [0.2, 0.25) is 0 Å². The van der Waals surface area contributed by atoms with Crippen LogP contribution in [-0.4, -0.2) is 5.91 Å². The van der Waals surface area contributed by atoms with Gasteiger partial charge in [-0.3, -0.25) is 4.79 Å². The fourth-order valence-corrected chi connectivity index (χ4v) is 3.93. The summed E-state index contributed by atoms with van der Waals surface area (Å²) in [5.41, 5.74) is 5.45. The van der Waals surface area contributed by atoms with Crippen LogP contribution in [0, 0.1) is 28.6 Å². The van der Waals surface area contributed by atoms with Gasteiger partial charge in [-0.1, -0.05) is 48.0 Å². The molecule has 1 fully saturated rings. The van der Waals surface area contributed by atoms with Gasteiger partial charge in [-0.05, 0) is 36.0 Å². The van der Waals surface area contributed by atoms with Crippen LogP contribution in [0.3, 0.4) is 0 Å². The van der Waals surface area contributed by atoms with Crippen molar-refractivity contribution in [3.63, 3.8) is 0 Å². The molecule has 1 aliphatic rings. The van der Waals surface area contributed by atoms with Crippen LogP contribution in [0.4, 0.5) is 0 Å². The monoisotopic (exact) mass is 239 g/mol. The van der Waals surface area contributed by atoms with Crippen molar-refractivity contribution in [2.24, 2.45) is 34.3 Å². The Balaban J connectivity index is 3.25. The summed E-state index contributed by atoms with van der Waals surface area (Å²) in [6, 6.07) is 0. The minimum absolute atomic E-state index is 0.0531. The normalized spacial score (nSPS) is 35.0. The minimum Gasteiger partial charge on any atom is -0.369 e.